The van der Waals surface area contributed by atoms with Crippen LogP contribution in [0, 0.1) is 0 Å². The summed E-state index contributed by atoms with van der Waals surface area (Å²) >= 11 is 11.2. The van der Waals surface area contributed by atoms with Crippen LogP contribution in [0.3, 0.4) is 0 Å². The quantitative estimate of drug-likeness (QED) is 0.518. The standard InChI is InChI=1S/C7H13ClO2S2/c8-3-1-2-6(11)4-12-5-7(9)10/h6,11H,1-5H2,(H,9,10). The summed E-state index contributed by atoms with van der Waals surface area (Å²) in [6.45, 7) is 0. The molecule has 1 N–H and O–H groups in total. The maximum absolute atomic E-state index is 10.1. The molecule has 0 aromatic heterocycles. The van der Waals surface area contributed by atoms with Gasteiger partial charge in [0.25, 0.3) is 0 Å². The minimum atomic E-state index is -0.766. The minimum absolute atomic E-state index is 0.165. The van der Waals surface area contributed by atoms with Crippen molar-refractivity contribution in [1.82, 2.24) is 0 Å². The number of aliphatic carboxylic acids is 1. The SMILES string of the molecule is O=C(O)CSCC(S)CCCCl. The van der Waals surface area contributed by atoms with E-state index in [9.17, 15) is 4.79 Å². The molecule has 0 aromatic carbocycles. The van der Waals surface area contributed by atoms with E-state index >= 15 is 0 Å². The van der Waals surface area contributed by atoms with Gasteiger partial charge in [-0.1, -0.05) is 0 Å². The Hall–Kier alpha value is 0.460. The van der Waals surface area contributed by atoms with Crippen LogP contribution in [-0.4, -0.2) is 33.7 Å². The molecule has 0 saturated heterocycles. The van der Waals surface area contributed by atoms with Gasteiger partial charge in [0, 0.05) is 16.9 Å². The molecule has 5 heteroatoms. The van der Waals surface area contributed by atoms with Crippen molar-refractivity contribution in [2.24, 2.45) is 0 Å². The molecule has 0 heterocycles. The van der Waals surface area contributed by atoms with Crippen LogP contribution in [0.2, 0.25) is 0 Å². The first-order valence-electron chi connectivity index (χ1n) is 3.70. The molecule has 0 radical (unpaired) electrons. The van der Waals surface area contributed by atoms with E-state index in [1.807, 2.05) is 0 Å². The summed E-state index contributed by atoms with van der Waals surface area (Å²) in [5.74, 6) is 0.836. The van der Waals surface area contributed by atoms with Gasteiger partial charge in [0.2, 0.25) is 0 Å². The summed E-state index contributed by atoms with van der Waals surface area (Å²) in [5.41, 5.74) is 0. The van der Waals surface area contributed by atoms with Gasteiger partial charge >= 0.3 is 5.97 Å². The van der Waals surface area contributed by atoms with Crippen molar-refractivity contribution >= 4 is 42.0 Å². The zero-order chi connectivity index (χ0) is 9.40. The fourth-order valence-electron chi connectivity index (χ4n) is 0.678. The molecule has 2 nitrogen and oxygen atoms in total. The highest BCUT2D eigenvalue weighted by Crippen LogP contribution is 2.12. The molecule has 0 aliphatic rings. The van der Waals surface area contributed by atoms with Crippen molar-refractivity contribution in [2.75, 3.05) is 17.4 Å². The Labute approximate surface area is 87.5 Å². The van der Waals surface area contributed by atoms with Crippen LogP contribution in [0.25, 0.3) is 0 Å². The second-order valence-corrected chi connectivity index (χ2v) is 4.53. The van der Waals surface area contributed by atoms with Gasteiger partial charge in [-0.15, -0.1) is 23.4 Å². The first-order valence-corrected chi connectivity index (χ1v) is 5.91. The molecule has 0 fully saturated rings. The summed E-state index contributed by atoms with van der Waals surface area (Å²) in [6, 6.07) is 0. The summed E-state index contributed by atoms with van der Waals surface area (Å²) in [4.78, 5) is 10.1. The van der Waals surface area contributed by atoms with Gasteiger partial charge in [0.05, 0.1) is 5.75 Å². The number of hydrogen-bond donors (Lipinski definition) is 2. The minimum Gasteiger partial charge on any atom is -0.481 e. The van der Waals surface area contributed by atoms with Crippen LogP contribution in [0.15, 0.2) is 0 Å². The molecule has 0 rings (SSSR count). The average molecular weight is 229 g/mol. The molecule has 0 bridgehead atoms. The van der Waals surface area contributed by atoms with Gasteiger partial charge < -0.3 is 5.11 Å². The summed E-state index contributed by atoms with van der Waals surface area (Å²) in [5, 5.41) is 8.61. The van der Waals surface area contributed by atoms with Gasteiger partial charge in [-0.2, -0.15) is 12.6 Å². The maximum Gasteiger partial charge on any atom is 0.313 e. The van der Waals surface area contributed by atoms with Crippen molar-refractivity contribution in [2.45, 2.75) is 18.1 Å². The van der Waals surface area contributed by atoms with Crippen LogP contribution in [0.1, 0.15) is 12.8 Å². The second kappa shape index (κ2) is 8.08. The van der Waals surface area contributed by atoms with E-state index < -0.39 is 5.97 Å². The van der Waals surface area contributed by atoms with Crippen molar-refractivity contribution in [3.05, 3.63) is 0 Å². The van der Waals surface area contributed by atoms with E-state index in [2.05, 4.69) is 12.6 Å². The summed E-state index contributed by atoms with van der Waals surface area (Å²) in [7, 11) is 0. The van der Waals surface area contributed by atoms with E-state index in [0.717, 1.165) is 18.6 Å². The van der Waals surface area contributed by atoms with E-state index in [0.29, 0.717) is 5.88 Å². The molecule has 0 aromatic rings. The smallest absolute Gasteiger partial charge is 0.313 e. The maximum atomic E-state index is 10.1. The Kier molecular flexibility index (Phi) is 8.39. The fraction of sp³-hybridized carbons (Fsp3) is 0.857. The highest BCUT2D eigenvalue weighted by atomic mass is 35.5. The molecule has 0 saturated carbocycles. The second-order valence-electron chi connectivity index (χ2n) is 2.39. The first-order chi connectivity index (χ1) is 5.66. The summed E-state index contributed by atoms with van der Waals surface area (Å²) < 4.78 is 0. The third-order valence-electron chi connectivity index (χ3n) is 1.21. The number of thioether (sulfide) groups is 1. The Morgan fingerprint density at radius 1 is 1.67 bits per heavy atom. The van der Waals surface area contributed by atoms with Crippen molar-refractivity contribution < 1.29 is 9.90 Å². The van der Waals surface area contributed by atoms with Gasteiger partial charge in [0.1, 0.15) is 0 Å². The number of rotatable bonds is 7. The molecule has 72 valence electrons. The number of thiol groups is 1. The lowest BCUT2D eigenvalue weighted by Gasteiger charge is -2.07. The van der Waals surface area contributed by atoms with Crippen molar-refractivity contribution in [1.29, 1.82) is 0 Å². The van der Waals surface area contributed by atoms with Gasteiger partial charge in [-0.3, -0.25) is 4.79 Å². The molecule has 1 atom stereocenters. The molecule has 0 amide bonds. The lowest BCUT2D eigenvalue weighted by molar-refractivity contribution is -0.133. The van der Waals surface area contributed by atoms with E-state index in [1.165, 1.54) is 11.8 Å². The fourth-order valence-corrected chi connectivity index (χ4v) is 2.06. The first kappa shape index (κ1) is 12.5. The molecular formula is C7H13ClO2S2. The molecule has 1 unspecified atom stereocenters. The van der Waals surface area contributed by atoms with Crippen LogP contribution in [0.5, 0.6) is 0 Å². The van der Waals surface area contributed by atoms with Gasteiger partial charge in [-0.05, 0) is 12.8 Å². The monoisotopic (exact) mass is 228 g/mol. The predicted octanol–water partition coefficient (Wildman–Crippen LogP) is 2.12. The lowest BCUT2D eigenvalue weighted by Crippen LogP contribution is -2.06. The van der Waals surface area contributed by atoms with Gasteiger partial charge in [0.15, 0.2) is 0 Å². The Bertz CT molecular complexity index is 133. The van der Waals surface area contributed by atoms with Crippen LogP contribution >= 0.6 is 36.0 Å². The van der Waals surface area contributed by atoms with Gasteiger partial charge in [-0.25, -0.2) is 0 Å². The number of hydrogen-bond acceptors (Lipinski definition) is 3. The normalized spacial score (nSPS) is 12.8. The van der Waals surface area contributed by atoms with Crippen molar-refractivity contribution in [3.63, 3.8) is 0 Å². The number of alkyl halides is 1. The predicted molar refractivity (Wildman–Crippen MR) is 57.7 cm³/mol. The Morgan fingerprint density at radius 2 is 2.33 bits per heavy atom. The Morgan fingerprint density at radius 3 is 2.83 bits per heavy atom. The number of halogens is 1. The molecule has 0 spiro atoms. The van der Waals surface area contributed by atoms with Crippen LogP contribution in [-0.2, 0) is 4.79 Å². The third kappa shape index (κ3) is 8.56. The highest BCUT2D eigenvalue weighted by molar-refractivity contribution is 8.00. The number of carbonyl (C=O) groups is 1. The number of carboxylic acid groups (broad SMARTS) is 1. The Balaban J connectivity index is 3.19. The average Bonchev–Trinajstić information content (AvgIpc) is 2.00. The molecule has 12 heavy (non-hydrogen) atoms. The topological polar surface area (TPSA) is 37.3 Å². The molecule has 0 aliphatic carbocycles. The molecular weight excluding hydrogens is 216 g/mol. The third-order valence-corrected chi connectivity index (χ3v) is 3.25. The van der Waals surface area contributed by atoms with Crippen LogP contribution in [0.4, 0.5) is 0 Å². The number of carboxylic acids is 1. The van der Waals surface area contributed by atoms with Crippen molar-refractivity contribution in [3.8, 4) is 0 Å². The van der Waals surface area contributed by atoms with E-state index in [-0.39, 0.29) is 11.0 Å². The zero-order valence-electron chi connectivity index (χ0n) is 6.70. The summed E-state index contributed by atoms with van der Waals surface area (Å²) in [6.07, 6.45) is 1.91. The largest absolute Gasteiger partial charge is 0.481 e. The van der Waals surface area contributed by atoms with E-state index in [1.54, 1.807) is 0 Å². The molecule has 0 aliphatic heterocycles. The van der Waals surface area contributed by atoms with Crippen LogP contribution < -0.4 is 0 Å². The lowest BCUT2D eigenvalue weighted by atomic mass is 10.3. The zero-order valence-corrected chi connectivity index (χ0v) is 9.17. The highest BCUT2D eigenvalue weighted by Gasteiger charge is 2.04. The van der Waals surface area contributed by atoms with E-state index in [4.69, 9.17) is 16.7 Å².